The molecule has 2 rings (SSSR count). The maximum absolute atomic E-state index is 14.3. The number of benzene rings is 1. The molecule has 4 amide bonds. The number of carbonyl (C=O) groups excluding carboxylic acids is 4. The highest BCUT2D eigenvalue weighted by Gasteiger charge is 2.43. The Morgan fingerprint density at radius 1 is 0.964 bits per heavy atom. The van der Waals surface area contributed by atoms with Gasteiger partial charge in [0.25, 0.3) is 0 Å². The highest BCUT2D eigenvalue weighted by molar-refractivity contribution is 5.89. The van der Waals surface area contributed by atoms with Crippen molar-refractivity contribution in [1.82, 2.24) is 30.2 Å². The smallest absolute Gasteiger partial charge is 0.247 e. The molecular formula is C40H70N8O7. The average Bonchev–Trinajstić information content (AvgIpc) is 3.64. The molecule has 0 saturated carbocycles. The monoisotopic (exact) mass is 775 g/mol. The molecular weight excluding hydrogens is 704 g/mol. The summed E-state index contributed by atoms with van der Waals surface area (Å²) in [5.74, 6) is 4.06. The molecule has 15 heteroatoms. The largest absolute Gasteiger partial charge is 0.379 e. The molecule has 1 aromatic rings. The number of carbonyl (C=O) groups is 4. The van der Waals surface area contributed by atoms with E-state index in [1.54, 1.807) is 38.0 Å². The Kier molecular flexibility index (Phi) is 20.1. The van der Waals surface area contributed by atoms with Gasteiger partial charge in [-0.1, -0.05) is 71.4 Å². The molecule has 0 radical (unpaired) electrons. The number of rotatable bonds is 21. The van der Waals surface area contributed by atoms with Gasteiger partial charge in [-0.25, -0.2) is 10.9 Å². The summed E-state index contributed by atoms with van der Waals surface area (Å²) >= 11 is 0. The van der Waals surface area contributed by atoms with Crippen LogP contribution < -0.4 is 16.5 Å². The summed E-state index contributed by atoms with van der Waals surface area (Å²) in [6, 6.07) is 7.16. The van der Waals surface area contributed by atoms with Gasteiger partial charge in [0.05, 0.1) is 43.2 Å². The minimum Gasteiger partial charge on any atom is -0.379 e. The molecule has 0 unspecified atom stereocenters. The van der Waals surface area contributed by atoms with E-state index in [2.05, 4.69) is 29.3 Å². The third-order valence-corrected chi connectivity index (χ3v) is 10.6. The van der Waals surface area contributed by atoms with Crippen molar-refractivity contribution in [1.29, 1.82) is 0 Å². The molecule has 0 spiro atoms. The molecule has 1 saturated heterocycles. The van der Waals surface area contributed by atoms with E-state index < -0.39 is 36.3 Å². The van der Waals surface area contributed by atoms with Crippen molar-refractivity contribution in [3.05, 3.63) is 35.9 Å². The summed E-state index contributed by atoms with van der Waals surface area (Å²) in [7, 11) is 12.5. The number of nitrogens with one attached hydrogen (secondary N) is 2. The van der Waals surface area contributed by atoms with Crippen LogP contribution in [0.15, 0.2) is 35.3 Å². The number of amides is 4. The Hall–Kier alpha value is -3.79. The van der Waals surface area contributed by atoms with Gasteiger partial charge in [-0.05, 0) is 30.2 Å². The van der Waals surface area contributed by atoms with Crippen molar-refractivity contribution in [2.75, 3.05) is 69.2 Å². The first-order valence-electron chi connectivity index (χ1n) is 19.5. The lowest BCUT2D eigenvalue weighted by Gasteiger charge is -2.40. The number of ether oxygens (including phenoxy) is 2. The fraction of sp³-hybridized carbons (Fsp3) is 0.725. The SMILES string of the molecule is CC[C@H](C)[C@@H]([C@@H](CC(=O)N1CCC[C@H]1[C@H](OC)[C@@H](C)C(=O)N[C@@H](Cc1ccccc1)C(=O)NCCON)OC)N(C)C(=O)[C@@H](N=C(N(C)C)N(C)C)C(C)C. The molecule has 312 valence electrons. The van der Waals surface area contributed by atoms with E-state index in [0.29, 0.717) is 18.9 Å². The average molecular weight is 775 g/mol. The molecule has 0 bridgehead atoms. The maximum Gasteiger partial charge on any atom is 0.247 e. The van der Waals surface area contributed by atoms with Crippen LogP contribution in [0.1, 0.15) is 65.9 Å². The van der Waals surface area contributed by atoms with Crippen LogP contribution in [0.5, 0.6) is 0 Å². The lowest BCUT2D eigenvalue weighted by molar-refractivity contribution is -0.146. The van der Waals surface area contributed by atoms with Gasteiger partial charge in [-0.3, -0.25) is 19.2 Å². The molecule has 15 nitrogen and oxygen atoms in total. The van der Waals surface area contributed by atoms with Crippen LogP contribution in [0.25, 0.3) is 0 Å². The van der Waals surface area contributed by atoms with Gasteiger partial charge >= 0.3 is 0 Å². The van der Waals surface area contributed by atoms with Crippen LogP contribution >= 0.6 is 0 Å². The first kappa shape index (κ1) is 47.4. The summed E-state index contributed by atoms with van der Waals surface area (Å²) in [4.78, 5) is 72.3. The van der Waals surface area contributed by atoms with E-state index in [1.165, 1.54) is 0 Å². The van der Waals surface area contributed by atoms with Crippen molar-refractivity contribution in [3.8, 4) is 0 Å². The fourth-order valence-corrected chi connectivity index (χ4v) is 7.48. The molecule has 1 aliphatic heterocycles. The number of nitrogens with two attached hydrogens (primary N) is 1. The number of aliphatic imine (C=N–C) groups is 1. The zero-order valence-electron chi connectivity index (χ0n) is 35.4. The lowest BCUT2D eigenvalue weighted by atomic mass is 9.89. The lowest BCUT2D eigenvalue weighted by Crippen LogP contribution is -2.55. The zero-order chi connectivity index (χ0) is 41.4. The van der Waals surface area contributed by atoms with E-state index in [1.807, 2.05) is 82.2 Å². The minimum absolute atomic E-state index is 0.0133. The fourth-order valence-electron chi connectivity index (χ4n) is 7.48. The molecule has 4 N–H and O–H groups in total. The highest BCUT2D eigenvalue weighted by atomic mass is 16.6. The Labute approximate surface area is 329 Å². The summed E-state index contributed by atoms with van der Waals surface area (Å²) in [6.45, 7) is 10.7. The van der Waals surface area contributed by atoms with Crippen molar-refractivity contribution in [3.63, 3.8) is 0 Å². The van der Waals surface area contributed by atoms with E-state index in [9.17, 15) is 19.2 Å². The predicted octanol–water partition coefficient (Wildman–Crippen LogP) is 2.14. The Balaban J connectivity index is 2.31. The zero-order valence-corrected chi connectivity index (χ0v) is 35.4. The first-order valence-corrected chi connectivity index (χ1v) is 19.5. The van der Waals surface area contributed by atoms with E-state index in [4.69, 9.17) is 20.4 Å². The van der Waals surface area contributed by atoms with Crippen LogP contribution in [0.4, 0.5) is 0 Å². The number of likely N-dealkylation sites (tertiary alicyclic amines) is 1. The van der Waals surface area contributed by atoms with Gasteiger partial charge in [-0.2, -0.15) is 0 Å². The maximum atomic E-state index is 14.3. The van der Waals surface area contributed by atoms with Gasteiger partial charge < -0.3 is 44.5 Å². The molecule has 55 heavy (non-hydrogen) atoms. The Bertz CT molecular complexity index is 1370. The van der Waals surface area contributed by atoms with E-state index in [0.717, 1.165) is 18.4 Å². The molecule has 1 heterocycles. The number of nitrogens with zero attached hydrogens (tertiary/aromatic N) is 5. The van der Waals surface area contributed by atoms with Crippen molar-refractivity contribution in [2.45, 2.75) is 103 Å². The van der Waals surface area contributed by atoms with Crippen LogP contribution in [0, 0.1) is 17.8 Å². The third kappa shape index (κ3) is 13.4. The van der Waals surface area contributed by atoms with Gasteiger partial charge in [0.2, 0.25) is 23.6 Å². The number of hydrogen-bond donors (Lipinski definition) is 3. The molecule has 1 fully saturated rings. The number of guanidine groups is 1. The Morgan fingerprint density at radius 3 is 2.13 bits per heavy atom. The summed E-state index contributed by atoms with van der Waals surface area (Å²) in [5.41, 5.74) is 0.886. The van der Waals surface area contributed by atoms with Crippen molar-refractivity contribution >= 4 is 29.6 Å². The van der Waals surface area contributed by atoms with E-state index in [-0.39, 0.29) is 67.5 Å². The highest BCUT2D eigenvalue weighted by Crippen LogP contribution is 2.30. The second kappa shape index (κ2) is 23.3. The topological polar surface area (TPSA) is 171 Å². The van der Waals surface area contributed by atoms with Gasteiger partial charge in [0, 0.05) is 69.0 Å². The summed E-state index contributed by atoms with van der Waals surface area (Å²) in [5, 5.41) is 5.70. The molecule has 1 aliphatic rings. The normalized spacial score (nSPS) is 18.0. The van der Waals surface area contributed by atoms with Crippen molar-refractivity contribution < 1.29 is 33.5 Å². The third-order valence-electron chi connectivity index (χ3n) is 10.6. The van der Waals surface area contributed by atoms with Crippen LogP contribution in [-0.2, 0) is 39.9 Å². The molecule has 1 aromatic carbocycles. The molecule has 8 atom stereocenters. The van der Waals surface area contributed by atoms with Gasteiger partial charge in [-0.15, -0.1) is 0 Å². The quantitative estimate of drug-likeness (QED) is 0.0728. The van der Waals surface area contributed by atoms with Gasteiger partial charge in [0.15, 0.2) is 5.96 Å². The van der Waals surface area contributed by atoms with Crippen molar-refractivity contribution in [2.24, 2.45) is 28.6 Å². The number of likely N-dealkylation sites (N-methyl/N-ethyl adjacent to an activating group) is 1. The van der Waals surface area contributed by atoms with Crippen LogP contribution in [-0.4, -0.2) is 155 Å². The predicted molar refractivity (Wildman–Crippen MR) is 215 cm³/mol. The summed E-state index contributed by atoms with van der Waals surface area (Å²) in [6.07, 6.45) is 1.24. The van der Waals surface area contributed by atoms with Gasteiger partial charge in [0.1, 0.15) is 12.1 Å². The minimum atomic E-state index is -0.855. The Morgan fingerprint density at radius 2 is 1.60 bits per heavy atom. The molecule has 0 aromatic heterocycles. The first-order chi connectivity index (χ1) is 26.0. The van der Waals surface area contributed by atoms with E-state index >= 15 is 0 Å². The second-order valence-electron chi connectivity index (χ2n) is 15.4. The summed E-state index contributed by atoms with van der Waals surface area (Å²) < 4.78 is 12.0. The van der Waals surface area contributed by atoms with Crippen LogP contribution in [0.3, 0.4) is 0 Å². The number of methoxy groups -OCH3 is 2. The number of hydrogen-bond acceptors (Lipinski definition) is 9. The second-order valence-corrected chi connectivity index (χ2v) is 15.4. The standard InChI is InChI=1S/C40H70N8O7/c1-13-27(4)35(47(10)39(52)34(26(2)3)44-40(45(6)7)46(8)9)32(53-11)25-33(49)48-22-17-20-31(48)36(54-12)28(5)37(50)43-30(38(51)42-21-23-55-41)24-29-18-15-14-16-19-29/h14-16,18-19,26-28,30-32,34-36H,13,17,20-25,41H2,1-12H3,(H,42,51)(H,43,50)/t27-,28+,30-,31-,32+,34-,35-,36+/m0/s1. The van der Waals surface area contributed by atoms with Crippen LogP contribution in [0.2, 0.25) is 0 Å². The molecule has 0 aliphatic carbocycles.